The lowest BCUT2D eigenvalue weighted by Crippen LogP contribution is -2.52. The van der Waals surface area contributed by atoms with Crippen LogP contribution in [0.3, 0.4) is 0 Å². The lowest BCUT2D eigenvalue weighted by Gasteiger charge is -2.37. The van der Waals surface area contributed by atoms with Crippen molar-refractivity contribution in [2.24, 2.45) is 4.99 Å². The predicted molar refractivity (Wildman–Crippen MR) is 113 cm³/mol. The highest BCUT2D eigenvalue weighted by Crippen LogP contribution is 2.22. The Morgan fingerprint density at radius 1 is 1.26 bits per heavy atom. The van der Waals surface area contributed by atoms with Crippen LogP contribution in [-0.4, -0.2) is 67.6 Å². The van der Waals surface area contributed by atoms with Crippen LogP contribution in [0.1, 0.15) is 22.3 Å². The van der Waals surface area contributed by atoms with E-state index in [1.807, 2.05) is 6.92 Å². The molecule has 1 amide bonds. The van der Waals surface area contributed by atoms with Gasteiger partial charge >= 0.3 is 0 Å². The topological polar surface area (TPSA) is 72.9 Å². The van der Waals surface area contributed by atoms with E-state index in [1.165, 1.54) is 16.3 Å². The summed E-state index contributed by atoms with van der Waals surface area (Å²) in [5.41, 5.74) is 2.47. The lowest BCUT2D eigenvalue weighted by molar-refractivity contribution is 0.0958. The second-order valence-electron chi connectivity index (χ2n) is 6.18. The number of aryl methyl sites for hydroxylation is 1. The molecule has 0 spiro atoms. The van der Waals surface area contributed by atoms with Crippen LogP contribution in [-0.2, 0) is 0 Å². The number of piperazine rings is 1. The molecule has 3 rings (SSSR count). The van der Waals surface area contributed by atoms with E-state index in [4.69, 9.17) is 0 Å². The third kappa shape index (κ3) is 5.20. The maximum atomic E-state index is 12.1. The minimum absolute atomic E-state index is 0.0697. The van der Waals surface area contributed by atoms with E-state index in [1.54, 1.807) is 16.8 Å². The summed E-state index contributed by atoms with van der Waals surface area (Å²) >= 11 is 3.15. The van der Waals surface area contributed by atoms with Gasteiger partial charge in [0.1, 0.15) is 4.88 Å². The molecule has 0 saturated carbocycles. The summed E-state index contributed by atoms with van der Waals surface area (Å²) < 4.78 is 0. The van der Waals surface area contributed by atoms with Gasteiger partial charge in [-0.2, -0.15) is 0 Å². The third-order valence-corrected chi connectivity index (χ3v) is 6.20. The van der Waals surface area contributed by atoms with Crippen molar-refractivity contribution in [1.82, 2.24) is 20.5 Å². The van der Waals surface area contributed by atoms with Gasteiger partial charge < -0.3 is 20.4 Å². The molecule has 0 radical (unpaired) electrons. The van der Waals surface area contributed by atoms with Crippen molar-refractivity contribution >= 4 is 39.5 Å². The zero-order valence-corrected chi connectivity index (χ0v) is 17.4. The molecule has 0 atom stereocenters. The summed E-state index contributed by atoms with van der Waals surface area (Å²) in [7, 11) is 0. The monoisotopic (exact) mass is 406 g/mol. The molecule has 0 aromatic carbocycles. The zero-order valence-electron chi connectivity index (χ0n) is 15.8. The van der Waals surface area contributed by atoms with Gasteiger partial charge in [0.25, 0.3) is 5.91 Å². The molecule has 1 aliphatic heterocycles. The number of rotatable bonds is 6. The Bertz CT molecular complexity index is 750. The Morgan fingerprint density at radius 2 is 2.07 bits per heavy atom. The molecule has 7 nitrogen and oxygen atoms in total. The molecule has 3 heterocycles. The number of anilines is 1. The molecule has 2 N–H and O–H groups in total. The first kappa shape index (κ1) is 19.6. The summed E-state index contributed by atoms with van der Waals surface area (Å²) in [6.45, 7) is 9.69. The van der Waals surface area contributed by atoms with Gasteiger partial charge in [-0.15, -0.1) is 22.7 Å². The number of guanidine groups is 1. The number of nitrogens with one attached hydrogen (secondary N) is 2. The smallest absolute Gasteiger partial charge is 0.263 e. The van der Waals surface area contributed by atoms with Gasteiger partial charge in [0, 0.05) is 39.3 Å². The molecule has 2 aromatic heterocycles. The summed E-state index contributed by atoms with van der Waals surface area (Å²) in [4.78, 5) is 26.3. The first-order valence-electron chi connectivity index (χ1n) is 9.19. The first-order valence-corrected chi connectivity index (χ1v) is 10.9. The highest BCUT2D eigenvalue weighted by molar-refractivity contribution is 7.14. The molecule has 1 saturated heterocycles. The zero-order chi connectivity index (χ0) is 19.1. The van der Waals surface area contributed by atoms with Crippen LogP contribution in [0.4, 0.5) is 5.00 Å². The number of carbonyl (C=O) groups excluding carboxylic acids is 1. The average molecular weight is 407 g/mol. The Kier molecular flexibility index (Phi) is 7.05. The van der Waals surface area contributed by atoms with E-state index < -0.39 is 0 Å². The van der Waals surface area contributed by atoms with Gasteiger partial charge in [-0.3, -0.25) is 9.79 Å². The maximum Gasteiger partial charge on any atom is 0.263 e. The van der Waals surface area contributed by atoms with E-state index in [0.29, 0.717) is 18.0 Å². The molecule has 0 bridgehead atoms. The van der Waals surface area contributed by atoms with Crippen LogP contribution < -0.4 is 15.5 Å². The fraction of sp³-hybridized carbons (Fsp3) is 0.500. The normalized spacial score (nSPS) is 15.1. The fourth-order valence-corrected chi connectivity index (χ4v) is 4.45. The second-order valence-corrected chi connectivity index (χ2v) is 7.96. The van der Waals surface area contributed by atoms with Gasteiger partial charge in [-0.05, 0) is 31.4 Å². The molecule has 9 heteroatoms. The van der Waals surface area contributed by atoms with Crippen LogP contribution >= 0.6 is 22.7 Å². The molecule has 0 unspecified atom stereocenters. The lowest BCUT2D eigenvalue weighted by atomic mass is 10.3. The van der Waals surface area contributed by atoms with E-state index in [0.717, 1.165) is 44.4 Å². The van der Waals surface area contributed by atoms with Crippen LogP contribution in [0, 0.1) is 6.92 Å². The average Bonchev–Trinajstić information content (AvgIpc) is 3.36. The number of thiophene rings is 1. The van der Waals surface area contributed by atoms with E-state index >= 15 is 0 Å². The molecular weight excluding hydrogens is 380 g/mol. The number of hydrogen-bond donors (Lipinski definition) is 2. The van der Waals surface area contributed by atoms with Crippen molar-refractivity contribution in [3.63, 3.8) is 0 Å². The number of carbonyl (C=O) groups is 1. The Labute approximate surface area is 168 Å². The molecule has 1 fully saturated rings. The van der Waals surface area contributed by atoms with Gasteiger partial charge in [-0.25, -0.2) is 4.98 Å². The highest BCUT2D eigenvalue weighted by Gasteiger charge is 2.20. The predicted octanol–water partition coefficient (Wildman–Crippen LogP) is 2.03. The summed E-state index contributed by atoms with van der Waals surface area (Å²) in [6.07, 6.45) is 0. The van der Waals surface area contributed by atoms with E-state index in [2.05, 4.69) is 54.8 Å². The Balaban J connectivity index is 1.48. The third-order valence-electron chi connectivity index (χ3n) is 4.34. The Morgan fingerprint density at radius 3 is 2.70 bits per heavy atom. The molecule has 2 aromatic rings. The van der Waals surface area contributed by atoms with Crippen molar-refractivity contribution in [1.29, 1.82) is 0 Å². The van der Waals surface area contributed by atoms with Crippen molar-refractivity contribution in [2.45, 2.75) is 13.8 Å². The quantitative estimate of drug-likeness (QED) is 0.436. The number of hydrogen-bond acceptors (Lipinski definition) is 6. The van der Waals surface area contributed by atoms with E-state index in [9.17, 15) is 4.79 Å². The largest absolute Gasteiger partial charge is 0.360 e. The van der Waals surface area contributed by atoms with Crippen molar-refractivity contribution in [3.05, 3.63) is 33.6 Å². The molecule has 1 aliphatic rings. The number of amides is 1. The number of aliphatic imine (C=N–C) groups is 1. The Hall–Kier alpha value is -2.13. The van der Waals surface area contributed by atoms with Crippen molar-refractivity contribution < 1.29 is 4.79 Å². The van der Waals surface area contributed by atoms with Crippen molar-refractivity contribution in [2.75, 3.05) is 50.7 Å². The van der Waals surface area contributed by atoms with Crippen LogP contribution in [0.15, 0.2) is 28.0 Å². The highest BCUT2D eigenvalue weighted by atomic mass is 32.1. The summed E-state index contributed by atoms with van der Waals surface area (Å²) in [5.74, 6) is 0.853. The van der Waals surface area contributed by atoms with Crippen LogP contribution in [0.5, 0.6) is 0 Å². The second kappa shape index (κ2) is 9.70. The molecule has 146 valence electrons. The van der Waals surface area contributed by atoms with Crippen LogP contribution in [0.2, 0.25) is 0 Å². The number of thiazole rings is 1. The van der Waals surface area contributed by atoms with Gasteiger partial charge in [0.15, 0.2) is 5.96 Å². The number of nitrogens with zero attached hydrogens (tertiary/aromatic N) is 4. The minimum atomic E-state index is -0.0697. The summed E-state index contributed by atoms with van der Waals surface area (Å²) in [6, 6.07) is 4.27. The summed E-state index contributed by atoms with van der Waals surface area (Å²) in [5, 5.41) is 9.74. The minimum Gasteiger partial charge on any atom is -0.360 e. The van der Waals surface area contributed by atoms with Crippen molar-refractivity contribution in [3.8, 4) is 0 Å². The molecular formula is C18H26N6OS2. The maximum absolute atomic E-state index is 12.1. The molecule has 27 heavy (non-hydrogen) atoms. The van der Waals surface area contributed by atoms with Gasteiger partial charge in [0.05, 0.1) is 22.8 Å². The first-order chi connectivity index (χ1) is 13.2. The van der Waals surface area contributed by atoms with E-state index in [-0.39, 0.29) is 5.91 Å². The van der Waals surface area contributed by atoms with Gasteiger partial charge in [0.2, 0.25) is 0 Å². The van der Waals surface area contributed by atoms with Gasteiger partial charge in [-0.1, -0.05) is 0 Å². The molecule has 0 aliphatic carbocycles. The van der Waals surface area contributed by atoms with Crippen LogP contribution in [0.25, 0.3) is 0 Å². The fourth-order valence-electron chi connectivity index (χ4n) is 2.95. The SMILES string of the molecule is CCNC(=NCCNC(=O)c1scnc1C)N1CCN(c2cccs2)CC1. The standard InChI is InChI=1S/C18H26N6OS2/c1-3-19-18(21-7-6-20-17(25)16-14(2)22-13-27-16)24-10-8-23(9-11-24)15-5-4-12-26-15/h4-5,12-13H,3,6-11H2,1-2H3,(H,19,21)(H,20,25). The number of aromatic nitrogens is 1.